The first kappa shape index (κ1) is 25.5. The van der Waals surface area contributed by atoms with Crippen molar-refractivity contribution in [1.82, 2.24) is 10.2 Å². The number of rotatable bonds is 7. The number of nitriles is 1. The Morgan fingerprint density at radius 3 is 1.94 bits per heavy atom. The van der Waals surface area contributed by atoms with Gasteiger partial charge in [-0.1, -0.05) is 42.5 Å². The average molecular weight is 472 g/mol. The molecule has 0 radical (unpaired) electrons. The second kappa shape index (κ2) is 12.9. The number of halogens is 2. The Labute approximate surface area is 201 Å². The Balaban J connectivity index is 0.00000181. The summed E-state index contributed by atoms with van der Waals surface area (Å²) in [6.45, 7) is 3.71. The summed E-state index contributed by atoms with van der Waals surface area (Å²) in [5.41, 5.74) is 1.06. The van der Waals surface area contributed by atoms with Crippen LogP contribution in [0.1, 0.15) is 18.0 Å². The van der Waals surface area contributed by atoms with Crippen LogP contribution < -0.4 is 14.8 Å². The lowest BCUT2D eigenvalue weighted by molar-refractivity contribution is 0.175. The first-order valence-electron chi connectivity index (χ1n) is 10.2. The molecule has 0 aliphatic carbocycles. The number of piperazine rings is 1. The maximum atomic E-state index is 9.43. The average Bonchev–Trinajstić information content (AvgIpc) is 2.81. The number of nitrogens with zero attached hydrogens (tertiary/aromatic N) is 2. The molecule has 3 aromatic rings. The molecule has 0 bridgehead atoms. The van der Waals surface area contributed by atoms with Crippen LogP contribution in [0.3, 0.4) is 0 Å². The molecular weight excluding hydrogens is 445 g/mol. The Morgan fingerprint density at radius 1 is 0.812 bits per heavy atom. The third kappa shape index (κ3) is 6.62. The highest BCUT2D eigenvalue weighted by Gasteiger charge is 2.23. The van der Waals surface area contributed by atoms with Crippen LogP contribution in [-0.4, -0.2) is 31.1 Å². The van der Waals surface area contributed by atoms with Crippen molar-refractivity contribution in [3.05, 3.63) is 84.4 Å². The number of ether oxygens (including phenoxy) is 2. The topological polar surface area (TPSA) is 57.5 Å². The van der Waals surface area contributed by atoms with Gasteiger partial charge >= 0.3 is 0 Å². The molecule has 3 aromatic carbocycles. The van der Waals surface area contributed by atoms with Gasteiger partial charge in [0.25, 0.3) is 0 Å². The fraction of sp³-hybridized carbons (Fsp3) is 0.240. The monoisotopic (exact) mass is 471 g/mol. The number of benzene rings is 3. The highest BCUT2D eigenvalue weighted by atomic mass is 35.5. The summed E-state index contributed by atoms with van der Waals surface area (Å²) >= 11 is 0. The van der Waals surface area contributed by atoms with E-state index < -0.39 is 0 Å². The molecule has 0 spiro atoms. The first-order chi connectivity index (χ1) is 14.8. The molecule has 5 nitrogen and oxygen atoms in total. The molecular formula is C25H27Cl2N3O2. The minimum absolute atomic E-state index is 0. The fourth-order valence-electron chi connectivity index (χ4n) is 3.67. The van der Waals surface area contributed by atoms with Gasteiger partial charge in [0.2, 0.25) is 0 Å². The van der Waals surface area contributed by atoms with Crippen molar-refractivity contribution >= 4 is 24.8 Å². The zero-order chi connectivity index (χ0) is 20.6. The summed E-state index contributed by atoms with van der Waals surface area (Å²) in [7, 11) is 0. The van der Waals surface area contributed by atoms with E-state index in [1.807, 2.05) is 78.9 Å². The van der Waals surface area contributed by atoms with E-state index in [1.54, 1.807) is 0 Å². The number of hydrogen-bond acceptors (Lipinski definition) is 5. The predicted molar refractivity (Wildman–Crippen MR) is 131 cm³/mol. The van der Waals surface area contributed by atoms with Crippen LogP contribution in [0.4, 0.5) is 0 Å². The summed E-state index contributed by atoms with van der Waals surface area (Å²) in [6, 6.07) is 27.7. The maximum Gasteiger partial charge on any atom is 0.170 e. The van der Waals surface area contributed by atoms with E-state index in [2.05, 4.69) is 16.3 Å². The maximum absolute atomic E-state index is 9.43. The van der Waals surface area contributed by atoms with Gasteiger partial charge in [0.15, 0.2) is 11.5 Å². The molecule has 1 saturated heterocycles. The lowest BCUT2D eigenvalue weighted by Gasteiger charge is -2.34. The highest BCUT2D eigenvalue weighted by molar-refractivity contribution is 5.85. The molecule has 0 saturated carbocycles. The smallest absolute Gasteiger partial charge is 0.170 e. The van der Waals surface area contributed by atoms with Crippen molar-refractivity contribution in [2.45, 2.75) is 12.5 Å². The molecule has 0 aromatic heterocycles. The molecule has 1 heterocycles. The summed E-state index contributed by atoms with van der Waals surface area (Å²) in [5, 5.41) is 12.8. The number of hydrogen-bond donors (Lipinski definition) is 1. The van der Waals surface area contributed by atoms with Gasteiger partial charge in [-0.15, -0.1) is 24.8 Å². The Kier molecular flexibility index (Phi) is 10.3. The SMILES string of the molecule is Cl.Cl.N#CC[C@H](c1ccc(Oc2ccccc2)c(Oc2ccccc2)c1)N1CCNCC1. The van der Waals surface area contributed by atoms with E-state index in [0.29, 0.717) is 17.9 Å². The largest absolute Gasteiger partial charge is 0.453 e. The van der Waals surface area contributed by atoms with E-state index >= 15 is 0 Å². The number of nitrogens with one attached hydrogen (secondary N) is 1. The van der Waals surface area contributed by atoms with Crippen LogP contribution >= 0.6 is 24.8 Å². The van der Waals surface area contributed by atoms with Gasteiger partial charge < -0.3 is 14.8 Å². The summed E-state index contributed by atoms with van der Waals surface area (Å²) in [4.78, 5) is 2.36. The third-order valence-corrected chi connectivity index (χ3v) is 5.17. The van der Waals surface area contributed by atoms with Crippen LogP contribution in [-0.2, 0) is 0 Å². The van der Waals surface area contributed by atoms with Crippen LogP contribution in [0.2, 0.25) is 0 Å². The molecule has 1 aliphatic rings. The van der Waals surface area contributed by atoms with Gasteiger partial charge in [0, 0.05) is 32.2 Å². The zero-order valence-electron chi connectivity index (χ0n) is 17.6. The Bertz CT molecular complexity index is 991. The molecule has 1 fully saturated rings. The van der Waals surface area contributed by atoms with Crippen molar-refractivity contribution in [3.63, 3.8) is 0 Å². The van der Waals surface area contributed by atoms with E-state index in [-0.39, 0.29) is 30.9 Å². The van der Waals surface area contributed by atoms with E-state index in [9.17, 15) is 5.26 Å². The molecule has 0 unspecified atom stereocenters. The lowest BCUT2D eigenvalue weighted by atomic mass is 10.0. The summed E-state index contributed by atoms with van der Waals surface area (Å²) in [6.07, 6.45) is 0.434. The van der Waals surface area contributed by atoms with Crippen molar-refractivity contribution in [2.75, 3.05) is 26.2 Å². The minimum atomic E-state index is 0. The minimum Gasteiger partial charge on any atom is -0.453 e. The molecule has 1 N–H and O–H groups in total. The molecule has 32 heavy (non-hydrogen) atoms. The van der Waals surface area contributed by atoms with E-state index in [4.69, 9.17) is 9.47 Å². The standard InChI is InChI=1S/C25H25N3O2.2ClH/c26-14-13-23(28-17-15-27-16-18-28)20-11-12-24(29-21-7-3-1-4-8-21)25(19-20)30-22-9-5-2-6-10-22;;/h1-12,19,23,27H,13,15-18H2;2*1H/t23-;;/m1../s1. The Hall–Kier alpha value is -2.75. The van der Waals surface area contributed by atoms with Gasteiger partial charge in [-0.25, -0.2) is 0 Å². The van der Waals surface area contributed by atoms with Gasteiger partial charge in [-0.2, -0.15) is 5.26 Å². The van der Waals surface area contributed by atoms with Gasteiger partial charge in [-0.05, 0) is 42.0 Å². The zero-order valence-corrected chi connectivity index (χ0v) is 19.3. The fourth-order valence-corrected chi connectivity index (χ4v) is 3.67. The molecule has 1 aliphatic heterocycles. The molecule has 168 valence electrons. The Morgan fingerprint density at radius 2 is 1.38 bits per heavy atom. The van der Waals surface area contributed by atoms with E-state index in [1.165, 1.54) is 0 Å². The van der Waals surface area contributed by atoms with Crippen molar-refractivity contribution in [2.24, 2.45) is 0 Å². The predicted octanol–water partition coefficient (Wildman–Crippen LogP) is 5.97. The van der Waals surface area contributed by atoms with Gasteiger partial charge in [-0.3, -0.25) is 4.90 Å². The quantitative estimate of drug-likeness (QED) is 0.459. The van der Waals surface area contributed by atoms with Crippen molar-refractivity contribution < 1.29 is 9.47 Å². The number of para-hydroxylation sites is 2. The van der Waals surface area contributed by atoms with E-state index in [0.717, 1.165) is 43.2 Å². The second-order valence-electron chi connectivity index (χ2n) is 7.20. The van der Waals surface area contributed by atoms with Crippen molar-refractivity contribution in [1.29, 1.82) is 5.26 Å². The summed E-state index contributed by atoms with van der Waals surface area (Å²) in [5.74, 6) is 2.77. The third-order valence-electron chi connectivity index (χ3n) is 5.17. The van der Waals surface area contributed by atoms with Crippen LogP contribution in [0.15, 0.2) is 78.9 Å². The second-order valence-corrected chi connectivity index (χ2v) is 7.20. The van der Waals surface area contributed by atoms with Crippen LogP contribution in [0, 0.1) is 11.3 Å². The normalized spacial score (nSPS) is 14.2. The van der Waals surface area contributed by atoms with Gasteiger partial charge in [0.1, 0.15) is 11.5 Å². The van der Waals surface area contributed by atoms with Gasteiger partial charge in [0.05, 0.1) is 12.5 Å². The summed E-state index contributed by atoms with van der Waals surface area (Å²) < 4.78 is 12.3. The lowest BCUT2D eigenvalue weighted by Crippen LogP contribution is -2.45. The van der Waals surface area contributed by atoms with Crippen LogP contribution in [0.25, 0.3) is 0 Å². The highest BCUT2D eigenvalue weighted by Crippen LogP contribution is 2.38. The molecule has 7 heteroatoms. The van der Waals surface area contributed by atoms with Crippen LogP contribution in [0.5, 0.6) is 23.0 Å². The molecule has 1 atom stereocenters. The molecule has 4 rings (SSSR count). The van der Waals surface area contributed by atoms with Crippen molar-refractivity contribution in [3.8, 4) is 29.1 Å². The molecule has 0 amide bonds. The first-order valence-corrected chi connectivity index (χ1v) is 10.2.